The molecule has 0 spiro atoms. The Kier molecular flexibility index (Phi) is 5.78. The fourth-order valence-corrected chi connectivity index (χ4v) is 2.14. The lowest BCUT2D eigenvalue weighted by atomic mass is 10.1. The van der Waals surface area contributed by atoms with Crippen LogP contribution in [-0.2, 0) is 0 Å². The fraction of sp³-hybridized carbons (Fsp3) is 0.286. The molecule has 5 nitrogen and oxygen atoms in total. The molecule has 2 rings (SSSR count). The van der Waals surface area contributed by atoms with Crippen LogP contribution < -0.4 is 5.32 Å². The first-order chi connectivity index (χ1) is 9.41. The van der Waals surface area contributed by atoms with Gasteiger partial charge in [-0.1, -0.05) is 11.6 Å². The number of carboxylic acids is 1. The molecule has 7 heteroatoms. The lowest BCUT2D eigenvalue weighted by molar-refractivity contribution is 0.0697. The van der Waals surface area contributed by atoms with E-state index in [1.54, 1.807) is 19.1 Å². The predicted octanol–water partition coefficient (Wildman–Crippen LogP) is 3.11. The van der Waals surface area contributed by atoms with Crippen molar-refractivity contribution in [1.29, 1.82) is 0 Å². The summed E-state index contributed by atoms with van der Waals surface area (Å²) >= 11 is 6.05. The number of aromatic carboxylic acids is 1. The van der Waals surface area contributed by atoms with Gasteiger partial charge in [0.2, 0.25) is 0 Å². The van der Waals surface area contributed by atoms with Crippen molar-refractivity contribution in [2.45, 2.75) is 20.0 Å². The fourth-order valence-electron chi connectivity index (χ4n) is 1.98. The van der Waals surface area contributed by atoms with E-state index in [9.17, 15) is 15.0 Å². The van der Waals surface area contributed by atoms with Crippen LogP contribution in [-0.4, -0.2) is 33.8 Å². The number of halogens is 2. The molecule has 3 N–H and O–H groups in total. The number of aliphatic hydroxyl groups excluding tert-OH is 1. The van der Waals surface area contributed by atoms with Crippen LogP contribution in [0.3, 0.4) is 0 Å². The molecule has 0 aliphatic heterocycles. The van der Waals surface area contributed by atoms with E-state index in [4.69, 9.17) is 11.6 Å². The lowest BCUT2D eigenvalue weighted by Gasteiger charge is -2.15. The Balaban J connectivity index is 0.00000220. The molecule has 114 valence electrons. The standard InChI is InChI=1S/C14H15ClN2O3.ClH/c1-7(18)5-16-13-9-3-4-11(15)8(2)12(9)17-6-10(13)14(19)20;/h3-4,6-7,18H,5H2,1-2H3,(H,16,17)(H,19,20);1H. The minimum absolute atomic E-state index is 0. The highest BCUT2D eigenvalue weighted by atomic mass is 35.5. The molecule has 1 aromatic carbocycles. The van der Waals surface area contributed by atoms with Crippen LogP contribution >= 0.6 is 24.0 Å². The average Bonchev–Trinajstić information content (AvgIpc) is 2.39. The predicted molar refractivity (Wildman–Crippen MR) is 85.9 cm³/mol. The zero-order valence-corrected chi connectivity index (χ0v) is 13.1. The van der Waals surface area contributed by atoms with Gasteiger partial charge in [0, 0.05) is 23.2 Å². The average molecular weight is 331 g/mol. The number of benzene rings is 1. The number of rotatable bonds is 4. The Labute approximate surface area is 133 Å². The van der Waals surface area contributed by atoms with Crippen molar-refractivity contribution in [2.24, 2.45) is 0 Å². The minimum atomic E-state index is -1.07. The molecule has 21 heavy (non-hydrogen) atoms. The zero-order valence-electron chi connectivity index (χ0n) is 11.6. The number of pyridine rings is 1. The summed E-state index contributed by atoms with van der Waals surface area (Å²) < 4.78 is 0. The van der Waals surface area contributed by atoms with Crippen LogP contribution in [0.2, 0.25) is 5.02 Å². The minimum Gasteiger partial charge on any atom is -0.478 e. The molecule has 1 heterocycles. The summed E-state index contributed by atoms with van der Waals surface area (Å²) in [6.45, 7) is 3.70. The Morgan fingerprint density at radius 1 is 1.48 bits per heavy atom. The third-order valence-corrected chi connectivity index (χ3v) is 3.44. The summed E-state index contributed by atoms with van der Waals surface area (Å²) in [6, 6.07) is 3.44. The van der Waals surface area contributed by atoms with E-state index in [2.05, 4.69) is 10.3 Å². The second-order valence-corrected chi connectivity index (χ2v) is 5.06. The van der Waals surface area contributed by atoms with E-state index in [-0.39, 0.29) is 24.5 Å². The Morgan fingerprint density at radius 3 is 2.71 bits per heavy atom. The normalized spacial score (nSPS) is 11.8. The number of nitrogens with one attached hydrogen (secondary N) is 1. The van der Waals surface area contributed by atoms with Crippen molar-refractivity contribution in [3.8, 4) is 0 Å². The van der Waals surface area contributed by atoms with Crippen LogP contribution in [0.15, 0.2) is 18.3 Å². The van der Waals surface area contributed by atoms with Gasteiger partial charge >= 0.3 is 5.97 Å². The number of fused-ring (bicyclic) bond motifs is 1. The number of aromatic nitrogens is 1. The van der Waals surface area contributed by atoms with Crippen molar-refractivity contribution >= 4 is 46.6 Å². The quantitative estimate of drug-likeness (QED) is 0.802. The van der Waals surface area contributed by atoms with Gasteiger partial charge in [-0.25, -0.2) is 4.79 Å². The molecule has 2 aromatic rings. The number of hydrogen-bond donors (Lipinski definition) is 3. The first-order valence-electron chi connectivity index (χ1n) is 6.15. The number of aryl methyl sites for hydroxylation is 1. The highest BCUT2D eigenvalue weighted by molar-refractivity contribution is 6.32. The summed E-state index contributed by atoms with van der Waals surface area (Å²) in [5, 5.41) is 22.8. The molecule has 0 saturated heterocycles. The van der Waals surface area contributed by atoms with Gasteiger partial charge in [0.15, 0.2) is 0 Å². The maximum atomic E-state index is 11.3. The van der Waals surface area contributed by atoms with Gasteiger partial charge in [-0.15, -0.1) is 12.4 Å². The summed E-state index contributed by atoms with van der Waals surface area (Å²) in [6.07, 6.45) is 0.714. The van der Waals surface area contributed by atoms with Crippen molar-refractivity contribution in [2.75, 3.05) is 11.9 Å². The summed E-state index contributed by atoms with van der Waals surface area (Å²) in [4.78, 5) is 15.5. The molecular formula is C14H16Cl2N2O3. The Hall–Kier alpha value is -1.56. The number of carboxylic acid groups (broad SMARTS) is 1. The van der Waals surface area contributed by atoms with Crippen molar-refractivity contribution in [3.05, 3.63) is 34.5 Å². The summed E-state index contributed by atoms with van der Waals surface area (Å²) in [5.41, 5.74) is 1.96. The summed E-state index contributed by atoms with van der Waals surface area (Å²) in [5.74, 6) is -1.07. The van der Waals surface area contributed by atoms with E-state index in [0.29, 0.717) is 21.6 Å². The van der Waals surface area contributed by atoms with Crippen LogP contribution in [0.5, 0.6) is 0 Å². The Morgan fingerprint density at radius 2 is 2.14 bits per heavy atom. The smallest absolute Gasteiger partial charge is 0.339 e. The van der Waals surface area contributed by atoms with Gasteiger partial charge in [0.25, 0.3) is 0 Å². The topological polar surface area (TPSA) is 82.5 Å². The van der Waals surface area contributed by atoms with Gasteiger partial charge in [0.05, 0.1) is 17.3 Å². The van der Waals surface area contributed by atoms with E-state index >= 15 is 0 Å². The molecule has 0 bridgehead atoms. The number of hydrogen-bond acceptors (Lipinski definition) is 4. The maximum Gasteiger partial charge on any atom is 0.339 e. The number of anilines is 1. The third kappa shape index (κ3) is 3.56. The molecule has 0 fully saturated rings. The van der Waals surface area contributed by atoms with E-state index < -0.39 is 12.1 Å². The largest absolute Gasteiger partial charge is 0.478 e. The van der Waals surface area contributed by atoms with Crippen molar-refractivity contribution in [3.63, 3.8) is 0 Å². The number of aliphatic hydroxyl groups is 1. The molecule has 0 aliphatic carbocycles. The van der Waals surface area contributed by atoms with E-state index in [1.165, 1.54) is 6.20 Å². The van der Waals surface area contributed by atoms with Gasteiger partial charge in [-0.3, -0.25) is 4.98 Å². The van der Waals surface area contributed by atoms with Crippen molar-refractivity contribution in [1.82, 2.24) is 4.98 Å². The zero-order chi connectivity index (χ0) is 14.9. The van der Waals surface area contributed by atoms with Gasteiger partial charge in [-0.05, 0) is 31.5 Å². The van der Waals surface area contributed by atoms with Gasteiger partial charge in [-0.2, -0.15) is 0 Å². The maximum absolute atomic E-state index is 11.3. The molecule has 0 radical (unpaired) electrons. The molecule has 0 saturated carbocycles. The monoisotopic (exact) mass is 330 g/mol. The second kappa shape index (κ2) is 6.93. The molecule has 1 unspecified atom stereocenters. The van der Waals surface area contributed by atoms with Crippen LogP contribution in [0.1, 0.15) is 22.8 Å². The van der Waals surface area contributed by atoms with Gasteiger partial charge in [0.1, 0.15) is 5.56 Å². The number of nitrogens with zero attached hydrogens (tertiary/aromatic N) is 1. The first kappa shape index (κ1) is 17.5. The third-order valence-electron chi connectivity index (χ3n) is 3.03. The summed E-state index contributed by atoms with van der Waals surface area (Å²) in [7, 11) is 0. The highest BCUT2D eigenvalue weighted by Crippen LogP contribution is 2.31. The first-order valence-corrected chi connectivity index (χ1v) is 6.52. The lowest BCUT2D eigenvalue weighted by Crippen LogP contribution is -2.17. The van der Waals surface area contributed by atoms with Gasteiger partial charge < -0.3 is 15.5 Å². The van der Waals surface area contributed by atoms with E-state index in [0.717, 1.165) is 5.56 Å². The SMILES string of the molecule is Cc1c(Cl)ccc2c(NCC(C)O)c(C(=O)O)cnc12.Cl. The highest BCUT2D eigenvalue weighted by Gasteiger charge is 2.16. The Bertz CT molecular complexity index is 675. The van der Waals surface area contributed by atoms with Crippen LogP contribution in [0.25, 0.3) is 10.9 Å². The second-order valence-electron chi connectivity index (χ2n) is 4.65. The van der Waals surface area contributed by atoms with E-state index in [1.807, 2.05) is 6.92 Å². The molecule has 1 aromatic heterocycles. The molecule has 0 amide bonds. The molecular weight excluding hydrogens is 315 g/mol. The van der Waals surface area contributed by atoms with Crippen molar-refractivity contribution < 1.29 is 15.0 Å². The van der Waals surface area contributed by atoms with Crippen LogP contribution in [0, 0.1) is 6.92 Å². The van der Waals surface area contributed by atoms with Crippen LogP contribution in [0.4, 0.5) is 5.69 Å². The molecule has 0 aliphatic rings. The number of carbonyl (C=O) groups is 1. The molecule has 1 atom stereocenters.